The summed E-state index contributed by atoms with van der Waals surface area (Å²) in [6.45, 7) is 0. The van der Waals surface area contributed by atoms with Gasteiger partial charge in [-0.3, -0.25) is 4.79 Å². The quantitative estimate of drug-likeness (QED) is 0.823. The smallest absolute Gasteiger partial charge is 0.238 e. The fourth-order valence-electron chi connectivity index (χ4n) is 4.14. The predicted molar refractivity (Wildman–Crippen MR) is 71.0 cm³/mol. The third-order valence-electron chi connectivity index (χ3n) is 5.02. The number of nitrogens with one attached hydrogen (secondary N) is 1. The van der Waals surface area contributed by atoms with Gasteiger partial charge in [0.25, 0.3) is 0 Å². The average molecular weight is 244 g/mol. The Kier molecular flexibility index (Phi) is 2.67. The number of carbonyl (C=O) groups is 1. The fourth-order valence-corrected chi connectivity index (χ4v) is 4.14. The molecule has 3 heteroatoms. The van der Waals surface area contributed by atoms with Gasteiger partial charge in [0, 0.05) is 0 Å². The number of fused-ring (bicyclic) bond motifs is 3. The van der Waals surface area contributed by atoms with Gasteiger partial charge in [-0.2, -0.15) is 0 Å². The molecule has 1 amide bonds. The summed E-state index contributed by atoms with van der Waals surface area (Å²) >= 11 is 0. The number of benzene rings is 1. The van der Waals surface area contributed by atoms with Gasteiger partial charge in [0.2, 0.25) is 5.91 Å². The lowest BCUT2D eigenvalue weighted by Gasteiger charge is -2.35. The van der Waals surface area contributed by atoms with Crippen LogP contribution in [-0.4, -0.2) is 18.5 Å². The Bertz CT molecular complexity index is 450. The lowest BCUT2D eigenvalue weighted by Crippen LogP contribution is -2.60. The van der Waals surface area contributed by atoms with Crippen LogP contribution in [0.15, 0.2) is 24.3 Å². The Morgan fingerprint density at radius 1 is 1.22 bits per heavy atom. The van der Waals surface area contributed by atoms with E-state index in [1.165, 1.54) is 11.1 Å². The second kappa shape index (κ2) is 4.09. The first-order valence-electron chi connectivity index (χ1n) is 6.74. The molecule has 2 unspecified atom stereocenters. The molecule has 0 aliphatic heterocycles. The second-order valence-electron chi connectivity index (χ2n) is 5.63. The predicted octanol–water partition coefficient (Wildman–Crippen LogP) is 1.25. The number of carbonyl (C=O) groups excluding carboxylic acids is 1. The summed E-state index contributed by atoms with van der Waals surface area (Å²) in [4.78, 5) is 12.0. The van der Waals surface area contributed by atoms with Crippen molar-refractivity contribution in [3.63, 3.8) is 0 Å². The van der Waals surface area contributed by atoms with Crippen LogP contribution in [0.2, 0.25) is 0 Å². The number of hydrogen-bond acceptors (Lipinski definition) is 2. The molecule has 1 saturated carbocycles. The zero-order valence-electron chi connectivity index (χ0n) is 10.8. The van der Waals surface area contributed by atoms with Crippen LogP contribution < -0.4 is 11.1 Å². The fraction of sp³-hybridized carbons (Fsp3) is 0.533. The molecule has 96 valence electrons. The molecule has 0 saturated heterocycles. The molecule has 0 spiro atoms. The van der Waals surface area contributed by atoms with Crippen molar-refractivity contribution in [3.05, 3.63) is 35.4 Å². The summed E-state index contributed by atoms with van der Waals surface area (Å²) < 4.78 is 0. The van der Waals surface area contributed by atoms with Crippen LogP contribution in [0.4, 0.5) is 0 Å². The first-order chi connectivity index (χ1) is 8.68. The minimum absolute atomic E-state index is 0.176. The molecular weight excluding hydrogens is 224 g/mol. The average Bonchev–Trinajstić information content (AvgIpc) is 2.61. The molecule has 2 bridgehead atoms. The summed E-state index contributed by atoms with van der Waals surface area (Å²) in [6.07, 6.45) is 4.14. The normalized spacial score (nSPS) is 33.8. The monoisotopic (exact) mass is 244 g/mol. The molecule has 2 aliphatic rings. The van der Waals surface area contributed by atoms with Crippen molar-refractivity contribution in [1.29, 1.82) is 0 Å². The number of nitrogens with two attached hydrogens (primary N) is 1. The van der Waals surface area contributed by atoms with Crippen molar-refractivity contribution in [2.75, 3.05) is 7.05 Å². The highest BCUT2D eigenvalue weighted by Crippen LogP contribution is 2.46. The summed E-state index contributed by atoms with van der Waals surface area (Å²) in [5, 5.41) is 3.28. The van der Waals surface area contributed by atoms with Crippen molar-refractivity contribution in [3.8, 4) is 0 Å². The Morgan fingerprint density at radius 2 is 1.72 bits per heavy atom. The molecular formula is C15H20N2O. The highest BCUT2D eigenvalue weighted by Gasteiger charge is 2.54. The first-order valence-corrected chi connectivity index (χ1v) is 6.74. The second-order valence-corrected chi connectivity index (χ2v) is 5.63. The van der Waals surface area contributed by atoms with Gasteiger partial charge in [0.1, 0.15) is 5.54 Å². The van der Waals surface area contributed by atoms with Crippen LogP contribution in [0.25, 0.3) is 0 Å². The maximum absolute atomic E-state index is 12.0. The van der Waals surface area contributed by atoms with Gasteiger partial charge in [-0.1, -0.05) is 24.3 Å². The van der Waals surface area contributed by atoms with E-state index >= 15 is 0 Å². The third-order valence-corrected chi connectivity index (χ3v) is 5.02. The van der Waals surface area contributed by atoms with Gasteiger partial charge in [-0.25, -0.2) is 0 Å². The standard InChI is InChI=1S/C15H20N2O/c1-17-15(14(16)18)12-6-7-13(15)9-11-5-3-2-4-10(11)8-12/h2-5,12-13,17H,6-9H2,1H3,(H2,16,18). The van der Waals surface area contributed by atoms with Gasteiger partial charge in [-0.05, 0) is 55.7 Å². The van der Waals surface area contributed by atoms with Crippen molar-refractivity contribution < 1.29 is 4.79 Å². The maximum Gasteiger partial charge on any atom is 0.238 e. The highest BCUT2D eigenvalue weighted by molar-refractivity contribution is 5.86. The topological polar surface area (TPSA) is 55.1 Å². The molecule has 18 heavy (non-hydrogen) atoms. The van der Waals surface area contributed by atoms with Crippen molar-refractivity contribution in [1.82, 2.24) is 5.32 Å². The van der Waals surface area contributed by atoms with Gasteiger partial charge >= 0.3 is 0 Å². The molecule has 1 aromatic rings. The highest BCUT2D eigenvalue weighted by atomic mass is 16.1. The molecule has 3 nitrogen and oxygen atoms in total. The summed E-state index contributed by atoms with van der Waals surface area (Å²) in [5.74, 6) is 0.507. The number of rotatable bonds is 2. The van der Waals surface area contributed by atoms with Crippen LogP contribution in [0.3, 0.4) is 0 Å². The van der Waals surface area contributed by atoms with E-state index in [2.05, 4.69) is 29.6 Å². The maximum atomic E-state index is 12.0. The van der Waals surface area contributed by atoms with Crippen molar-refractivity contribution in [2.24, 2.45) is 17.6 Å². The largest absolute Gasteiger partial charge is 0.368 e. The summed E-state index contributed by atoms with van der Waals surface area (Å²) in [5.41, 5.74) is 8.02. The van der Waals surface area contributed by atoms with E-state index in [-0.39, 0.29) is 5.91 Å². The van der Waals surface area contributed by atoms with Crippen molar-refractivity contribution in [2.45, 2.75) is 31.2 Å². The molecule has 0 aromatic heterocycles. The summed E-state index contributed by atoms with van der Waals surface area (Å²) in [7, 11) is 1.88. The van der Waals surface area contributed by atoms with Crippen LogP contribution >= 0.6 is 0 Å². The van der Waals surface area contributed by atoms with E-state index in [1.807, 2.05) is 7.05 Å². The Labute approximate surface area is 108 Å². The van der Waals surface area contributed by atoms with E-state index in [9.17, 15) is 4.79 Å². The van der Waals surface area contributed by atoms with E-state index in [0.29, 0.717) is 11.8 Å². The minimum atomic E-state index is -0.501. The minimum Gasteiger partial charge on any atom is -0.368 e. The molecule has 1 fully saturated rings. The zero-order valence-corrected chi connectivity index (χ0v) is 10.8. The number of amides is 1. The van der Waals surface area contributed by atoms with Crippen LogP contribution in [0.5, 0.6) is 0 Å². The zero-order chi connectivity index (χ0) is 12.8. The molecule has 2 aliphatic carbocycles. The van der Waals surface area contributed by atoms with Crippen LogP contribution in [0, 0.1) is 11.8 Å². The molecule has 3 rings (SSSR count). The van der Waals surface area contributed by atoms with Gasteiger partial charge in [-0.15, -0.1) is 0 Å². The summed E-state index contributed by atoms with van der Waals surface area (Å²) in [6, 6.07) is 8.56. The number of hydrogen-bond donors (Lipinski definition) is 2. The van der Waals surface area contributed by atoms with E-state index in [1.54, 1.807) is 0 Å². The lowest BCUT2D eigenvalue weighted by atomic mass is 9.78. The molecule has 0 radical (unpaired) electrons. The van der Waals surface area contributed by atoms with Gasteiger partial charge in [0.05, 0.1) is 0 Å². The van der Waals surface area contributed by atoms with Gasteiger partial charge in [0.15, 0.2) is 0 Å². The van der Waals surface area contributed by atoms with Crippen molar-refractivity contribution >= 4 is 5.91 Å². The molecule has 3 N–H and O–H groups in total. The SMILES string of the molecule is CNC1(C(N)=O)C2CCC1Cc1ccccc1C2. The Morgan fingerprint density at radius 3 is 2.11 bits per heavy atom. The van der Waals surface area contributed by atoms with E-state index in [0.717, 1.165) is 25.7 Å². The van der Waals surface area contributed by atoms with E-state index < -0.39 is 5.54 Å². The third kappa shape index (κ3) is 1.43. The Balaban J connectivity index is 2.07. The van der Waals surface area contributed by atoms with Gasteiger partial charge < -0.3 is 11.1 Å². The van der Waals surface area contributed by atoms with Crippen LogP contribution in [-0.2, 0) is 17.6 Å². The molecule has 1 aromatic carbocycles. The molecule has 0 heterocycles. The number of primary amides is 1. The molecule has 2 atom stereocenters. The first kappa shape index (κ1) is 11.7. The van der Waals surface area contributed by atoms with Crippen LogP contribution in [0.1, 0.15) is 24.0 Å². The van der Waals surface area contributed by atoms with E-state index in [4.69, 9.17) is 5.73 Å². The number of likely N-dealkylation sites (N-methyl/N-ethyl adjacent to an activating group) is 1. The Hall–Kier alpha value is -1.35. The lowest BCUT2D eigenvalue weighted by molar-refractivity contribution is -0.127.